The molecule has 0 spiro atoms. The van der Waals surface area contributed by atoms with Crippen molar-refractivity contribution in [3.05, 3.63) is 30.1 Å². The number of hydrogen-bond acceptors (Lipinski definition) is 3. The van der Waals surface area contributed by atoms with Gasteiger partial charge in [-0.2, -0.15) is 0 Å². The molecule has 1 amide bonds. The number of carbonyl (C=O) groups excluding carboxylic acids is 1. The standard InChI is InChI=1S/C15H23N3O.2ClH/c19-15(14-9-5-6-10-17-14)18-12-11-16-13-7-3-1-2-4-8-13;;/h5-6,9-10,13,16H,1-4,7-8,11-12H2,(H,18,19);2*1H. The summed E-state index contributed by atoms with van der Waals surface area (Å²) in [5.41, 5.74) is 0.483. The minimum atomic E-state index is -0.0942. The fourth-order valence-corrected chi connectivity index (χ4v) is 2.52. The third-order valence-corrected chi connectivity index (χ3v) is 3.60. The van der Waals surface area contributed by atoms with E-state index in [1.165, 1.54) is 38.5 Å². The van der Waals surface area contributed by atoms with Gasteiger partial charge in [0.25, 0.3) is 5.91 Å². The van der Waals surface area contributed by atoms with E-state index in [1.54, 1.807) is 12.3 Å². The molecular weight excluding hydrogens is 309 g/mol. The average molecular weight is 334 g/mol. The van der Waals surface area contributed by atoms with Gasteiger partial charge in [-0.3, -0.25) is 9.78 Å². The summed E-state index contributed by atoms with van der Waals surface area (Å²) in [6.45, 7) is 1.50. The molecule has 1 heterocycles. The third kappa shape index (κ3) is 7.65. The van der Waals surface area contributed by atoms with Crippen molar-refractivity contribution in [3.8, 4) is 0 Å². The molecule has 2 N–H and O–H groups in total. The zero-order valence-electron chi connectivity index (χ0n) is 12.2. The van der Waals surface area contributed by atoms with Crippen molar-refractivity contribution in [3.63, 3.8) is 0 Å². The summed E-state index contributed by atoms with van der Waals surface area (Å²) in [6.07, 6.45) is 9.58. The predicted octanol–water partition coefficient (Wildman–Crippen LogP) is 2.97. The van der Waals surface area contributed by atoms with Crippen molar-refractivity contribution in [1.82, 2.24) is 15.6 Å². The van der Waals surface area contributed by atoms with Gasteiger partial charge in [-0.1, -0.05) is 31.7 Å². The van der Waals surface area contributed by atoms with Crippen LogP contribution in [-0.4, -0.2) is 30.0 Å². The number of nitrogens with one attached hydrogen (secondary N) is 2. The molecule has 21 heavy (non-hydrogen) atoms. The van der Waals surface area contributed by atoms with Crippen LogP contribution < -0.4 is 10.6 Å². The third-order valence-electron chi connectivity index (χ3n) is 3.60. The zero-order valence-corrected chi connectivity index (χ0v) is 13.8. The van der Waals surface area contributed by atoms with Gasteiger partial charge < -0.3 is 10.6 Å². The number of pyridine rings is 1. The van der Waals surface area contributed by atoms with Crippen LogP contribution in [0.3, 0.4) is 0 Å². The van der Waals surface area contributed by atoms with Crippen LogP contribution in [0.4, 0.5) is 0 Å². The topological polar surface area (TPSA) is 54.0 Å². The SMILES string of the molecule is Cl.Cl.O=C(NCCNC1CCCCCC1)c1ccccn1. The van der Waals surface area contributed by atoms with Gasteiger partial charge in [0, 0.05) is 25.3 Å². The van der Waals surface area contributed by atoms with Crippen LogP contribution in [0.5, 0.6) is 0 Å². The summed E-state index contributed by atoms with van der Waals surface area (Å²) in [6, 6.07) is 6.00. The Hall–Kier alpha value is -0.840. The van der Waals surface area contributed by atoms with Crippen LogP contribution in [0, 0.1) is 0 Å². The molecule has 1 aromatic heterocycles. The molecule has 1 fully saturated rings. The molecule has 120 valence electrons. The molecule has 0 aromatic carbocycles. The summed E-state index contributed by atoms with van der Waals surface area (Å²) >= 11 is 0. The molecule has 0 radical (unpaired) electrons. The molecule has 2 rings (SSSR count). The Bertz CT molecular complexity index is 382. The first-order valence-corrected chi connectivity index (χ1v) is 7.29. The first kappa shape index (κ1) is 20.2. The number of aromatic nitrogens is 1. The van der Waals surface area contributed by atoms with Gasteiger partial charge in [0.15, 0.2) is 0 Å². The Labute approximate surface area is 139 Å². The van der Waals surface area contributed by atoms with Crippen molar-refractivity contribution in [1.29, 1.82) is 0 Å². The molecule has 0 aliphatic heterocycles. The Morgan fingerprint density at radius 2 is 1.81 bits per heavy atom. The molecule has 1 aliphatic rings. The van der Waals surface area contributed by atoms with E-state index in [2.05, 4.69) is 15.6 Å². The minimum Gasteiger partial charge on any atom is -0.349 e. The Kier molecular flexibility index (Phi) is 11.3. The van der Waals surface area contributed by atoms with Crippen LogP contribution in [-0.2, 0) is 0 Å². The van der Waals surface area contributed by atoms with Gasteiger partial charge in [-0.25, -0.2) is 0 Å². The maximum Gasteiger partial charge on any atom is 0.269 e. The van der Waals surface area contributed by atoms with E-state index in [1.807, 2.05) is 12.1 Å². The number of halogens is 2. The second-order valence-corrected chi connectivity index (χ2v) is 5.11. The van der Waals surface area contributed by atoms with Crippen LogP contribution in [0.15, 0.2) is 24.4 Å². The monoisotopic (exact) mass is 333 g/mol. The lowest BCUT2D eigenvalue weighted by Gasteiger charge is -2.16. The van der Waals surface area contributed by atoms with E-state index >= 15 is 0 Å². The molecular formula is C15H25Cl2N3O. The molecule has 6 heteroatoms. The first-order chi connectivity index (χ1) is 9.36. The smallest absolute Gasteiger partial charge is 0.269 e. The lowest BCUT2D eigenvalue weighted by atomic mass is 10.1. The Morgan fingerprint density at radius 1 is 1.10 bits per heavy atom. The maximum atomic E-state index is 11.7. The van der Waals surface area contributed by atoms with Crippen molar-refractivity contribution in [2.45, 2.75) is 44.6 Å². The highest BCUT2D eigenvalue weighted by molar-refractivity contribution is 5.92. The summed E-state index contributed by atoms with van der Waals surface area (Å²) in [4.78, 5) is 15.8. The van der Waals surface area contributed by atoms with E-state index in [-0.39, 0.29) is 30.7 Å². The molecule has 1 aliphatic carbocycles. The average Bonchev–Trinajstić information content (AvgIpc) is 2.73. The second kappa shape index (κ2) is 11.8. The van der Waals surface area contributed by atoms with Crippen molar-refractivity contribution < 1.29 is 4.79 Å². The van der Waals surface area contributed by atoms with E-state index in [9.17, 15) is 4.79 Å². The molecule has 1 aromatic rings. The zero-order chi connectivity index (χ0) is 13.3. The largest absolute Gasteiger partial charge is 0.349 e. The number of nitrogens with zero attached hydrogens (tertiary/aromatic N) is 1. The van der Waals surface area contributed by atoms with E-state index < -0.39 is 0 Å². The van der Waals surface area contributed by atoms with Crippen molar-refractivity contribution >= 4 is 30.7 Å². The van der Waals surface area contributed by atoms with E-state index in [0.717, 1.165) is 6.54 Å². The maximum absolute atomic E-state index is 11.7. The molecule has 0 saturated heterocycles. The van der Waals surface area contributed by atoms with E-state index in [0.29, 0.717) is 18.3 Å². The highest BCUT2D eigenvalue weighted by atomic mass is 35.5. The molecule has 0 bridgehead atoms. The summed E-state index contributed by atoms with van der Waals surface area (Å²) in [5.74, 6) is -0.0942. The fourth-order valence-electron chi connectivity index (χ4n) is 2.52. The van der Waals surface area contributed by atoms with Crippen molar-refractivity contribution in [2.75, 3.05) is 13.1 Å². The number of amides is 1. The van der Waals surface area contributed by atoms with Crippen LogP contribution in [0.25, 0.3) is 0 Å². The second-order valence-electron chi connectivity index (χ2n) is 5.11. The summed E-state index contributed by atoms with van der Waals surface area (Å²) in [7, 11) is 0. The quantitative estimate of drug-likeness (QED) is 0.643. The first-order valence-electron chi connectivity index (χ1n) is 7.29. The summed E-state index contributed by atoms with van der Waals surface area (Å²) < 4.78 is 0. The minimum absolute atomic E-state index is 0. The molecule has 1 saturated carbocycles. The van der Waals surface area contributed by atoms with E-state index in [4.69, 9.17) is 0 Å². The fraction of sp³-hybridized carbons (Fsp3) is 0.600. The van der Waals surface area contributed by atoms with Gasteiger partial charge in [-0.15, -0.1) is 24.8 Å². The Morgan fingerprint density at radius 3 is 2.43 bits per heavy atom. The molecule has 0 atom stereocenters. The molecule has 4 nitrogen and oxygen atoms in total. The van der Waals surface area contributed by atoms with Crippen LogP contribution in [0.1, 0.15) is 49.0 Å². The van der Waals surface area contributed by atoms with Gasteiger partial charge in [0.05, 0.1) is 0 Å². The number of rotatable bonds is 5. The van der Waals surface area contributed by atoms with Gasteiger partial charge in [0.1, 0.15) is 5.69 Å². The highest BCUT2D eigenvalue weighted by Gasteiger charge is 2.11. The van der Waals surface area contributed by atoms with Crippen molar-refractivity contribution in [2.24, 2.45) is 0 Å². The summed E-state index contributed by atoms with van der Waals surface area (Å²) in [5, 5.41) is 6.42. The highest BCUT2D eigenvalue weighted by Crippen LogP contribution is 2.16. The van der Waals surface area contributed by atoms with Crippen LogP contribution >= 0.6 is 24.8 Å². The van der Waals surface area contributed by atoms with Crippen LogP contribution in [0.2, 0.25) is 0 Å². The predicted molar refractivity (Wildman–Crippen MR) is 90.6 cm³/mol. The molecule has 0 unspecified atom stereocenters. The van der Waals surface area contributed by atoms with Gasteiger partial charge in [-0.05, 0) is 25.0 Å². The normalized spacial score (nSPS) is 15.2. The van der Waals surface area contributed by atoms with Gasteiger partial charge in [0.2, 0.25) is 0 Å². The lowest BCUT2D eigenvalue weighted by Crippen LogP contribution is -2.37. The van der Waals surface area contributed by atoms with Gasteiger partial charge >= 0.3 is 0 Å². The lowest BCUT2D eigenvalue weighted by molar-refractivity contribution is 0.0948. The Balaban J connectivity index is 0.00000200. The number of hydrogen-bond donors (Lipinski definition) is 2. The number of carbonyl (C=O) groups is 1.